The van der Waals surface area contributed by atoms with Gasteiger partial charge in [0.15, 0.2) is 5.78 Å². The minimum Gasteiger partial charge on any atom is -0.345 e. The lowest BCUT2D eigenvalue weighted by molar-refractivity contribution is 0.0762. The molecule has 2 aromatic heterocycles. The summed E-state index contributed by atoms with van der Waals surface area (Å²) in [6.07, 6.45) is 8.97. The number of aromatic amines is 1. The first-order valence-corrected chi connectivity index (χ1v) is 8.48. The van der Waals surface area contributed by atoms with Crippen molar-refractivity contribution in [2.45, 2.75) is 46.0 Å². The van der Waals surface area contributed by atoms with E-state index in [2.05, 4.69) is 39.7 Å². The molecule has 0 saturated heterocycles. The maximum absolute atomic E-state index is 13.2. The van der Waals surface area contributed by atoms with E-state index in [-0.39, 0.29) is 5.41 Å². The maximum Gasteiger partial charge on any atom is 0.171 e. The van der Waals surface area contributed by atoms with Crippen LogP contribution < -0.4 is 0 Å². The van der Waals surface area contributed by atoms with Crippen molar-refractivity contribution >= 4 is 32.7 Å². The Morgan fingerprint density at radius 2 is 2.14 bits per heavy atom. The van der Waals surface area contributed by atoms with Crippen LogP contribution in [-0.2, 0) is 0 Å². The van der Waals surface area contributed by atoms with Crippen molar-refractivity contribution in [3.63, 3.8) is 0 Å². The first-order chi connectivity index (χ1) is 10.0. The second kappa shape index (κ2) is 5.56. The molecule has 4 heteroatoms. The molecule has 0 aliphatic heterocycles. The van der Waals surface area contributed by atoms with Crippen molar-refractivity contribution in [2.24, 2.45) is 11.3 Å². The van der Waals surface area contributed by atoms with Gasteiger partial charge in [0.05, 0.1) is 0 Å². The number of nitrogens with zero attached hydrogens (tertiary/aromatic N) is 1. The van der Waals surface area contributed by atoms with Crippen LogP contribution >= 0.6 is 15.9 Å². The molecule has 0 radical (unpaired) electrons. The van der Waals surface area contributed by atoms with Gasteiger partial charge in [0.1, 0.15) is 5.65 Å². The number of ketones is 1. The second-order valence-electron chi connectivity index (χ2n) is 6.67. The van der Waals surface area contributed by atoms with Crippen molar-refractivity contribution in [3.05, 3.63) is 28.5 Å². The maximum atomic E-state index is 13.2. The van der Waals surface area contributed by atoms with Crippen LogP contribution in [0.3, 0.4) is 0 Å². The number of H-pyrrole nitrogens is 1. The van der Waals surface area contributed by atoms with Crippen LogP contribution in [0.4, 0.5) is 0 Å². The smallest absolute Gasteiger partial charge is 0.171 e. The number of nitrogens with one attached hydrogen (secondary N) is 1. The van der Waals surface area contributed by atoms with Gasteiger partial charge >= 0.3 is 0 Å². The Kier molecular flexibility index (Phi) is 3.91. The minimum atomic E-state index is -0.161. The number of carbonyl (C=O) groups is 1. The van der Waals surface area contributed by atoms with Gasteiger partial charge in [-0.2, -0.15) is 0 Å². The average molecular weight is 349 g/mol. The molecule has 1 aliphatic rings. The summed E-state index contributed by atoms with van der Waals surface area (Å²) in [6.45, 7) is 4.42. The lowest BCUT2D eigenvalue weighted by Gasteiger charge is -2.29. The Morgan fingerprint density at radius 3 is 2.81 bits per heavy atom. The van der Waals surface area contributed by atoms with Crippen LogP contribution in [0.1, 0.15) is 56.3 Å². The Hall–Kier alpha value is -1.16. The molecular formula is C17H21BrN2O. The van der Waals surface area contributed by atoms with E-state index in [1.54, 1.807) is 6.20 Å². The molecular weight excluding hydrogens is 328 g/mol. The first-order valence-electron chi connectivity index (χ1n) is 7.69. The van der Waals surface area contributed by atoms with E-state index >= 15 is 0 Å². The Morgan fingerprint density at radius 1 is 1.43 bits per heavy atom. The van der Waals surface area contributed by atoms with E-state index in [0.717, 1.165) is 40.3 Å². The predicted octanol–water partition coefficient (Wildman–Crippen LogP) is 5.11. The highest BCUT2D eigenvalue weighted by atomic mass is 79.9. The molecule has 0 atom stereocenters. The fourth-order valence-corrected chi connectivity index (χ4v) is 4.14. The Bertz CT molecular complexity index is 668. The molecule has 0 unspecified atom stereocenters. The van der Waals surface area contributed by atoms with Crippen molar-refractivity contribution in [2.75, 3.05) is 0 Å². The zero-order valence-electron chi connectivity index (χ0n) is 12.6. The number of hydrogen-bond donors (Lipinski definition) is 1. The molecule has 1 saturated carbocycles. The summed E-state index contributed by atoms with van der Waals surface area (Å²) in [5, 5.41) is 0.935. The monoisotopic (exact) mass is 348 g/mol. The van der Waals surface area contributed by atoms with E-state index < -0.39 is 0 Å². The number of aromatic nitrogens is 2. The number of rotatable bonds is 4. The van der Waals surface area contributed by atoms with Gasteiger partial charge in [-0.05, 0) is 47.2 Å². The molecule has 0 bridgehead atoms. The van der Waals surface area contributed by atoms with E-state index in [9.17, 15) is 4.79 Å². The summed E-state index contributed by atoms with van der Waals surface area (Å²) in [7, 11) is 0. The average Bonchev–Trinajstić information content (AvgIpc) is 3.04. The molecule has 0 spiro atoms. The molecule has 21 heavy (non-hydrogen) atoms. The third-order valence-corrected chi connectivity index (χ3v) is 5.02. The van der Waals surface area contributed by atoms with E-state index in [1.807, 2.05) is 12.3 Å². The number of hydrogen-bond acceptors (Lipinski definition) is 2. The molecule has 1 aliphatic carbocycles. The molecule has 3 rings (SSSR count). The van der Waals surface area contributed by atoms with Gasteiger partial charge in [-0.25, -0.2) is 4.98 Å². The van der Waals surface area contributed by atoms with Gasteiger partial charge in [-0.15, -0.1) is 0 Å². The predicted molar refractivity (Wildman–Crippen MR) is 88.5 cm³/mol. The summed E-state index contributed by atoms with van der Waals surface area (Å²) >= 11 is 3.45. The van der Waals surface area contributed by atoms with E-state index in [1.165, 1.54) is 12.8 Å². The van der Waals surface area contributed by atoms with Crippen LogP contribution in [-0.4, -0.2) is 15.8 Å². The van der Waals surface area contributed by atoms with Crippen LogP contribution in [0.2, 0.25) is 0 Å². The van der Waals surface area contributed by atoms with Crippen LogP contribution in [0.5, 0.6) is 0 Å². The quantitative estimate of drug-likeness (QED) is 0.779. The van der Waals surface area contributed by atoms with Gasteiger partial charge in [0, 0.05) is 33.2 Å². The fourth-order valence-electron chi connectivity index (χ4n) is 3.81. The lowest BCUT2D eigenvalue weighted by atomic mass is 9.73. The van der Waals surface area contributed by atoms with Crippen LogP contribution in [0.15, 0.2) is 22.9 Å². The third-order valence-electron chi connectivity index (χ3n) is 4.58. The highest BCUT2D eigenvalue weighted by Crippen LogP contribution is 2.46. The molecule has 1 N–H and O–H groups in total. The fraction of sp³-hybridized carbons (Fsp3) is 0.529. The normalized spacial score (nSPS) is 17.7. The summed E-state index contributed by atoms with van der Waals surface area (Å²) in [5.41, 5.74) is 1.44. The van der Waals surface area contributed by atoms with Gasteiger partial charge in [0.2, 0.25) is 0 Å². The summed E-state index contributed by atoms with van der Waals surface area (Å²) < 4.78 is 0.910. The van der Waals surface area contributed by atoms with Crippen molar-refractivity contribution in [1.29, 1.82) is 0 Å². The number of halogens is 1. The molecule has 0 amide bonds. The SMILES string of the molecule is CC(C)CC1(C(=O)c2c[nH]c3ncc(Br)cc23)CCCC1. The Labute approximate surface area is 133 Å². The van der Waals surface area contributed by atoms with Crippen LogP contribution in [0, 0.1) is 11.3 Å². The largest absolute Gasteiger partial charge is 0.345 e. The second-order valence-corrected chi connectivity index (χ2v) is 7.58. The van der Waals surface area contributed by atoms with Gasteiger partial charge in [-0.3, -0.25) is 4.79 Å². The van der Waals surface area contributed by atoms with E-state index in [0.29, 0.717) is 11.7 Å². The van der Waals surface area contributed by atoms with Gasteiger partial charge in [0.25, 0.3) is 0 Å². The van der Waals surface area contributed by atoms with Gasteiger partial charge < -0.3 is 4.98 Å². The van der Waals surface area contributed by atoms with Crippen molar-refractivity contribution < 1.29 is 4.79 Å². The standard InChI is InChI=1S/C17H21BrN2O/c1-11(2)8-17(5-3-4-6-17)15(21)14-10-20-16-13(14)7-12(18)9-19-16/h7,9-11H,3-6,8H2,1-2H3,(H,19,20). The molecule has 3 nitrogen and oxygen atoms in total. The molecule has 2 heterocycles. The van der Waals surface area contributed by atoms with Gasteiger partial charge in [-0.1, -0.05) is 26.7 Å². The van der Waals surface area contributed by atoms with E-state index in [4.69, 9.17) is 0 Å². The topological polar surface area (TPSA) is 45.8 Å². The van der Waals surface area contributed by atoms with Crippen molar-refractivity contribution in [3.8, 4) is 0 Å². The first kappa shape index (κ1) is 14.8. The zero-order chi connectivity index (χ0) is 15.0. The lowest BCUT2D eigenvalue weighted by Crippen LogP contribution is -2.29. The van der Waals surface area contributed by atoms with Crippen molar-refractivity contribution in [1.82, 2.24) is 9.97 Å². The summed E-state index contributed by atoms with van der Waals surface area (Å²) in [4.78, 5) is 20.7. The number of Topliss-reactive ketones (excluding diaryl/α,β-unsaturated/α-hetero) is 1. The highest BCUT2D eigenvalue weighted by molar-refractivity contribution is 9.10. The third kappa shape index (κ3) is 2.66. The zero-order valence-corrected chi connectivity index (χ0v) is 14.2. The van der Waals surface area contributed by atoms with Crippen LogP contribution in [0.25, 0.3) is 11.0 Å². The Balaban J connectivity index is 2.04. The highest BCUT2D eigenvalue weighted by Gasteiger charge is 2.42. The molecule has 2 aromatic rings. The molecule has 0 aromatic carbocycles. The molecule has 112 valence electrons. The summed E-state index contributed by atoms with van der Waals surface area (Å²) in [5.74, 6) is 0.849. The minimum absolute atomic E-state index is 0.161. The number of pyridine rings is 1. The molecule has 1 fully saturated rings. The summed E-state index contributed by atoms with van der Waals surface area (Å²) in [6, 6.07) is 1.99. The number of fused-ring (bicyclic) bond motifs is 1. The number of carbonyl (C=O) groups excluding carboxylic acids is 1.